The van der Waals surface area contributed by atoms with Crippen molar-refractivity contribution >= 4 is 11.8 Å². The van der Waals surface area contributed by atoms with Crippen LogP contribution >= 0.6 is 0 Å². The summed E-state index contributed by atoms with van der Waals surface area (Å²) in [6, 6.07) is 0. The molecule has 0 heterocycles. The van der Waals surface area contributed by atoms with E-state index in [1.165, 1.54) is 0 Å². The highest BCUT2D eigenvalue weighted by atomic mass is 16.2. The van der Waals surface area contributed by atoms with Crippen LogP contribution in [0.15, 0.2) is 0 Å². The van der Waals surface area contributed by atoms with Crippen molar-refractivity contribution < 1.29 is 9.59 Å². The van der Waals surface area contributed by atoms with Crippen molar-refractivity contribution in [3.8, 4) is 0 Å². The molecule has 5 nitrogen and oxygen atoms in total. The van der Waals surface area contributed by atoms with Crippen molar-refractivity contribution in [2.24, 2.45) is 23.0 Å². The molecular formula is C14H27N3O2. The van der Waals surface area contributed by atoms with Crippen molar-refractivity contribution in [3.05, 3.63) is 0 Å². The fourth-order valence-electron chi connectivity index (χ4n) is 2.60. The molecule has 0 aromatic carbocycles. The second-order valence-corrected chi connectivity index (χ2v) is 6.20. The summed E-state index contributed by atoms with van der Waals surface area (Å²) in [6.07, 6.45) is 2.04. The van der Waals surface area contributed by atoms with Gasteiger partial charge in [0.1, 0.15) is 0 Å². The third-order valence-electron chi connectivity index (χ3n) is 3.70. The number of hydrogen-bond donors (Lipinski definition) is 3. The lowest BCUT2D eigenvalue weighted by molar-refractivity contribution is -0.138. The van der Waals surface area contributed by atoms with E-state index in [0.29, 0.717) is 37.9 Å². The molecule has 0 aliphatic heterocycles. The average molecular weight is 269 g/mol. The van der Waals surface area contributed by atoms with Gasteiger partial charge in [0.15, 0.2) is 0 Å². The van der Waals surface area contributed by atoms with E-state index in [9.17, 15) is 9.59 Å². The summed E-state index contributed by atoms with van der Waals surface area (Å²) in [5.74, 6) is 1.00. The largest absolute Gasteiger partial charge is 0.356 e. The highest BCUT2D eigenvalue weighted by Crippen LogP contribution is 2.44. The van der Waals surface area contributed by atoms with E-state index in [1.807, 2.05) is 13.8 Å². The van der Waals surface area contributed by atoms with Gasteiger partial charge < -0.3 is 16.4 Å². The van der Waals surface area contributed by atoms with E-state index in [4.69, 9.17) is 5.73 Å². The maximum absolute atomic E-state index is 12.0. The van der Waals surface area contributed by atoms with Crippen LogP contribution in [0.5, 0.6) is 0 Å². The molecule has 0 unspecified atom stereocenters. The molecule has 5 heteroatoms. The van der Waals surface area contributed by atoms with Gasteiger partial charge in [-0.2, -0.15) is 0 Å². The Bertz CT molecular complexity index is 323. The predicted octanol–water partition coefficient (Wildman–Crippen LogP) is 0.640. The van der Waals surface area contributed by atoms with Gasteiger partial charge in [0, 0.05) is 26.1 Å². The molecule has 2 amide bonds. The maximum Gasteiger partial charge on any atom is 0.227 e. The first-order valence-corrected chi connectivity index (χ1v) is 7.14. The van der Waals surface area contributed by atoms with Crippen molar-refractivity contribution in [1.82, 2.24) is 10.6 Å². The standard InChI is InChI=1S/C14H27N3O2/c1-10(2)8-17-12(18)4-5-16-13(19)14(9-15)6-11(3)7-14/h10-11H,4-9,15H2,1-3H3,(H,16,19)(H,17,18). The summed E-state index contributed by atoms with van der Waals surface area (Å²) in [7, 11) is 0. The lowest BCUT2D eigenvalue weighted by atomic mass is 9.62. The number of rotatable bonds is 7. The molecule has 1 aliphatic carbocycles. The summed E-state index contributed by atoms with van der Waals surface area (Å²) < 4.78 is 0. The number of carbonyl (C=O) groups is 2. The van der Waals surface area contributed by atoms with Crippen molar-refractivity contribution in [1.29, 1.82) is 0 Å². The molecule has 110 valence electrons. The van der Waals surface area contributed by atoms with Crippen LogP contribution in [-0.2, 0) is 9.59 Å². The van der Waals surface area contributed by atoms with E-state index in [1.54, 1.807) is 0 Å². The Kier molecular flexibility index (Phi) is 5.79. The summed E-state index contributed by atoms with van der Waals surface area (Å²) in [6.45, 7) is 7.68. The van der Waals surface area contributed by atoms with Gasteiger partial charge in [0.2, 0.25) is 11.8 Å². The van der Waals surface area contributed by atoms with Gasteiger partial charge in [-0.15, -0.1) is 0 Å². The van der Waals surface area contributed by atoms with Crippen LogP contribution in [0.1, 0.15) is 40.0 Å². The zero-order valence-electron chi connectivity index (χ0n) is 12.3. The van der Waals surface area contributed by atoms with Gasteiger partial charge in [-0.25, -0.2) is 0 Å². The monoisotopic (exact) mass is 269 g/mol. The van der Waals surface area contributed by atoms with E-state index >= 15 is 0 Å². The van der Waals surface area contributed by atoms with Gasteiger partial charge in [-0.1, -0.05) is 20.8 Å². The first kappa shape index (κ1) is 16.0. The Balaban J connectivity index is 2.22. The zero-order valence-corrected chi connectivity index (χ0v) is 12.3. The van der Waals surface area contributed by atoms with Crippen molar-refractivity contribution in [3.63, 3.8) is 0 Å². The molecule has 1 fully saturated rings. The quantitative estimate of drug-likeness (QED) is 0.634. The van der Waals surface area contributed by atoms with Crippen LogP contribution in [0.25, 0.3) is 0 Å². The summed E-state index contributed by atoms with van der Waals surface area (Å²) in [5, 5.41) is 5.66. The normalized spacial score (nSPS) is 25.8. The number of nitrogens with one attached hydrogen (secondary N) is 2. The maximum atomic E-state index is 12.0. The molecule has 0 radical (unpaired) electrons. The molecule has 0 aromatic heterocycles. The summed E-state index contributed by atoms with van der Waals surface area (Å²) in [4.78, 5) is 23.5. The molecule has 0 aromatic rings. The topological polar surface area (TPSA) is 84.2 Å². The van der Waals surface area contributed by atoms with Gasteiger partial charge >= 0.3 is 0 Å². The van der Waals surface area contributed by atoms with Gasteiger partial charge in [0.05, 0.1) is 5.41 Å². The van der Waals surface area contributed by atoms with Crippen LogP contribution in [0.2, 0.25) is 0 Å². The van der Waals surface area contributed by atoms with Gasteiger partial charge in [-0.05, 0) is 24.7 Å². The lowest BCUT2D eigenvalue weighted by Gasteiger charge is -2.44. The van der Waals surface area contributed by atoms with Crippen molar-refractivity contribution in [2.45, 2.75) is 40.0 Å². The minimum Gasteiger partial charge on any atom is -0.356 e. The molecule has 4 N–H and O–H groups in total. The number of nitrogens with two attached hydrogens (primary N) is 1. The minimum absolute atomic E-state index is 0.00441. The summed E-state index contributed by atoms with van der Waals surface area (Å²) in [5.41, 5.74) is 5.32. The van der Waals surface area contributed by atoms with Crippen LogP contribution in [-0.4, -0.2) is 31.4 Å². The molecule has 0 spiro atoms. The Morgan fingerprint density at radius 2 is 1.95 bits per heavy atom. The Labute approximate surface area is 115 Å². The first-order chi connectivity index (χ1) is 8.89. The molecule has 1 rings (SSSR count). The SMILES string of the molecule is CC(C)CNC(=O)CCNC(=O)C1(CN)CC(C)C1. The van der Waals surface area contributed by atoms with E-state index in [-0.39, 0.29) is 17.2 Å². The molecule has 1 aliphatic rings. The third-order valence-corrected chi connectivity index (χ3v) is 3.70. The van der Waals surface area contributed by atoms with Crippen molar-refractivity contribution in [2.75, 3.05) is 19.6 Å². The molecule has 0 saturated heterocycles. The van der Waals surface area contributed by atoms with Crippen LogP contribution in [0.4, 0.5) is 0 Å². The number of carbonyl (C=O) groups excluding carboxylic acids is 2. The highest BCUT2D eigenvalue weighted by Gasteiger charge is 2.46. The van der Waals surface area contributed by atoms with Crippen LogP contribution in [0.3, 0.4) is 0 Å². The van der Waals surface area contributed by atoms with Crippen LogP contribution in [0, 0.1) is 17.3 Å². The molecule has 19 heavy (non-hydrogen) atoms. The highest BCUT2D eigenvalue weighted by molar-refractivity contribution is 5.84. The molecule has 0 atom stereocenters. The lowest BCUT2D eigenvalue weighted by Crippen LogP contribution is -2.53. The zero-order chi connectivity index (χ0) is 14.5. The molecule has 1 saturated carbocycles. The van der Waals surface area contributed by atoms with E-state index in [0.717, 1.165) is 12.8 Å². The second-order valence-electron chi connectivity index (χ2n) is 6.20. The third kappa shape index (κ3) is 4.49. The fraction of sp³-hybridized carbons (Fsp3) is 0.857. The number of hydrogen-bond acceptors (Lipinski definition) is 3. The minimum atomic E-state index is -0.381. The molecule has 0 bridgehead atoms. The Hall–Kier alpha value is -1.10. The van der Waals surface area contributed by atoms with Crippen LogP contribution < -0.4 is 16.4 Å². The van der Waals surface area contributed by atoms with E-state index < -0.39 is 0 Å². The van der Waals surface area contributed by atoms with Gasteiger partial charge in [0.25, 0.3) is 0 Å². The summed E-state index contributed by atoms with van der Waals surface area (Å²) >= 11 is 0. The van der Waals surface area contributed by atoms with E-state index in [2.05, 4.69) is 17.6 Å². The average Bonchev–Trinajstić information content (AvgIpc) is 2.31. The first-order valence-electron chi connectivity index (χ1n) is 7.14. The fourth-order valence-corrected chi connectivity index (χ4v) is 2.60. The predicted molar refractivity (Wildman–Crippen MR) is 75.4 cm³/mol. The number of amides is 2. The smallest absolute Gasteiger partial charge is 0.227 e. The molecular weight excluding hydrogens is 242 g/mol. The Morgan fingerprint density at radius 3 is 2.42 bits per heavy atom. The Morgan fingerprint density at radius 1 is 1.32 bits per heavy atom. The van der Waals surface area contributed by atoms with Gasteiger partial charge in [-0.3, -0.25) is 9.59 Å². The second kappa shape index (κ2) is 6.89.